The van der Waals surface area contributed by atoms with Crippen LogP contribution in [0.5, 0.6) is 0 Å². The van der Waals surface area contributed by atoms with Gasteiger partial charge in [-0.1, -0.05) is 11.6 Å². The Morgan fingerprint density at radius 1 is 1.48 bits per heavy atom. The monoisotopic (exact) mass is 333 g/mol. The molecule has 1 fully saturated rings. The minimum atomic E-state index is -3.86. The highest BCUT2D eigenvalue weighted by Gasteiger charge is 2.42. The third-order valence-electron chi connectivity index (χ3n) is 3.57. The van der Waals surface area contributed by atoms with Crippen LogP contribution in [0.3, 0.4) is 0 Å². The lowest BCUT2D eigenvalue weighted by molar-refractivity contribution is 0.0600. The summed E-state index contributed by atoms with van der Waals surface area (Å²) in [7, 11) is -2.65. The molecule has 1 aromatic carbocycles. The predicted octanol–water partition coefficient (Wildman–Crippen LogP) is 1.18. The van der Waals surface area contributed by atoms with E-state index in [1.165, 1.54) is 25.3 Å². The van der Waals surface area contributed by atoms with Gasteiger partial charge in [-0.05, 0) is 31.0 Å². The average Bonchev–Trinajstić information content (AvgIpc) is 3.25. The summed E-state index contributed by atoms with van der Waals surface area (Å²) in [6.07, 6.45) is 1.56. The van der Waals surface area contributed by atoms with Crippen LogP contribution in [0.2, 0.25) is 5.02 Å². The van der Waals surface area contributed by atoms with E-state index in [-0.39, 0.29) is 34.0 Å². The van der Waals surface area contributed by atoms with Gasteiger partial charge >= 0.3 is 5.97 Å². The molecule has 8 heteroatoms. The Morgan fingerprint density at radius 3 is 2.67 bits per heavy atom. The Labute approximate surface area is 128 Å². The number of carbonyl (C=O) groups excluding carboxylic acids is 1. The first-order valence-electron chi connectivity index (χ1n) is 6.32. The number of hydrogen-bond donors (Lipinski definition) is 2. The number of rotatable bonds is 6. The maximum absolute atomic E-state index is 12.3. The Bertz CT molecular complexity index is 655. The van der Waals surface area contributed by atoms with Gasteiger partial charge in [-0.25, -0.2) is 17.9 Å². The molecule has 0 amide bonds. The van der Waals surface area contributed by atoms with Crippen LogP contribution in [-0.4, -0.2) is 39.8 Å². The molecule has 0 bridgehead atoms. The number of benzene rings is 1. The number of ether oxygens (including phenoxy) is 1. The van der Waals surface area contributed by atoms with Crippen molar-refractivity contribution < 1.29 is 23.1 Å². The first-order valence-corrected chi connectivity index (χ1v) is 8.18. The quantitative estimate of drug-likeness (QED) is 0.762. The first kappa shape index (κ1) is 16.2. The van der Waals surface area contributed by atoms with E-state index >= 15 is 0 Å². The molecule has 0 heterocycles. The van der Waals surface area contributed by atoms with E-state index in [2.05, 4.69) is 9.46 Å². The zero-order chi connectivity index (χ0) is 15.7. The van der Waals surface area contributed by atoms with Crippen LogP contribution in [0, 0.1) is 5.41 Å². The van der Waals surface area contributed by atoms with Crippen LogP contribution in [-0.2, 0) is 14.8 Å². The minimum absolute atomic E-state index is 0.0176. The van der Waals surface area contributed by atoms with Gasteiger partial charge in [-0.3, -0.25) is 0 Å². The van der Waals surface area contributed by atoms with Gasteiger partial charge in [0.15, 0.2) is 0 Å². The Hall–Kier alpha value is -1.15. The highest BCUT2D eigenvalue weighted by Crippen LogP contribution is 2.44. The summed E-state index contributed by atoms with van der Waals surface area (Å²) < 4.78 is 31.5. The Kier molecular flexibility index (Phi) is 4.57. The van der Waals surface area contributed by atoms with Crippen LogP contribution in [0.25, 0.3) is 0 Å². The largest absolute Gasteiger partial charge is 0.465 e. The summed E-state index contributed by atoms with van der Waals surface area (Å²) in [5.41, 5.74) is -0.259. The van der Waals surface area contributed by atoms with Crippen LogP contribution >= 0.6 is 11.6 Å². The van der Waals surface area contributed by atoms with Crippen molar-refractivity contribution >= 4 is 27.6 Å². The standard InChI is InChI=1S/C13H16ClNO5S/c1-20-12(17)9-2-3-10(14)11(6-9)21(18,19)15-7-13(8-16)4-5-13/h2-3,6,15-16H,4-5,7-8H2,1H3. The molecule has 6 nitrogen and oxygen atoms in total. The molecule has 0 unspecified atom stereocenters. The number of aliphatic hydroxyl groups excluding tert-OH is 1. The zero-order valence-electron chi connectivity index (χ0n) is 11.4. The van der Waals surface area contributed by atoms with Crippen molar-refractivity contribution in [1.29, 1.82) is 0 Å². The third-order valence-corrected chi connectivity index (χ3v) is 5.45. The van der Waals surface area contributed by atoms with Crippen LogP contribution < -0.4 is 4.72 Å². The van der Waals surface area contributed by atoms with Crippen molar-refractivity contribution in [2.24, 2.45) is 5.41 Å². The van der Waals surface area contributed by atoms with Gasteiger partial charge in [-0.2, -0.15) is 0 Å². The lowest BCUT2D eigenvalue weighted by Gasteiger charge is -2.14. The topological polar surface area (TPSA) is 92.7 Å². The maximum atomic E-state index is 12.3. The summed E-state index contributed by atoms with van der Waals surface area (Å²) in [6, 6.07) is 3.90. The number of nitrogens with one attached hydrogen (secondary N) is 1. The fourth-order valence-electron chi connectivity index (χ4n) is 1.85. The first-order chi connectivity index (χ1) is 9.83. The van der Waals surface area contributed by atoms with E-state index in [9.17, 15) is 18.3 Å². The molecule has 0 aromatic heterocycles. The van der Waals surface area contributed by atoms with Gasteiger partial charge in [0.2, 0.25) is 10.0 Å². The molecule has 1 aliphatic carbocycles. The number of methoxy groups -OCH3 is 1. The molecule has 21 heavy (non-hydrogen) atoms. The molecule has 116 valence electrons. The lowest BCUT2D eigenvalue weighted by Crippen LogP contribution is -2.32. The number of halogens is 1. The van der Waals surface area contributed by atoms with Gasteiger partial charge in [0.25, 0.3) is 0 Å². The molecule has 0 aliphatic heterocycles. The SMILES string of the molecule is COC(=O)c1ccc(Cl)c(S(=O)(=O)NCC2(CO)CC2)c1. The van der Waals surface area contributed by atoms with Crippen LogP contribution in [0.15, 0.2) is 23.1 Å². The molecule has 2 rings (SSSR count). The van der Waals surface area contributed by atoms with Crippen molar-refractivity contribution in [2.45, 2.75) is 17.7 Å². The van der Waals surface area contributed by atoms with Crippen LogP contribution in [0.1, 0.15) is 23.2 Å². The van der Waals surface area contributed by atoms with Crippen molar-refractivity contribution in [1.82, 2.24) is 4.72 Å². The lowest BCUT2D eigenvalue weighted by atomic mass is 10.1. The summed E-state index contributed by atoms with van der Waals surface area (Å²) in [5, 5.41) is 9.22. The number of esters is 1. The van der Waals surface area contributed by atoms with E-state index in [0.717, 1.165) is 12.8 Å². The van der Waals surface area contributed by atoms with Crippen molar-refractivity contribution in [2.75, 3.05) is 20.3 Å². The fraction of sp³-hybridized carbons (Fsp3) is 0.462. The molecule has 1 aromatic rings. The second-order valence-electron chi connectivity index (χ2n) is 5.12. The normalized spacial score (nSPS) is 16.5. The number of sulfonamides is 1. The molecular weight excluding hydrogens is 318 g/mol. The molecule has 0 radical (unpaired) electrons. The smallest absolute Gasteiger partial charge is 0.337 e. The molecule has 1 saturated carbocycles. The minimum Gasteiger partial charge on any atom is -0.465 e. The summed E-state index contributed by atoms with van der Waals surface area (Å²) in [4.78, 5) is 11.3. The second kappa shape index (κ2) is 5.92. The molecular formula is C13H16ClNO5S. The predicted molar refractivity (Wildman–Crippen MR) is 76.7 cm³/mol. The number of carbonyl (C=O) groups is 1. The molecule has 0 saturated heterocycles. The van der Waals surface area contributed by atoms with E-state index in [4.69, 9.17) is 11.6 Å². The Morgan fingerprint density at radius 2 is 2.14 bits per heavy atom. The molecule has 1 aliphatic rings. The highest BCUT2D eigenvalue weighted by molar-refractivity contribution is 7.89. The summed E-state index contributed by atoms with van der Waals surface area (Å²) in [5.74, 6) is -0.642. The zero-order valence-corrected chi connectivity index (χ0v) is 13.0. The average molecular weight is 334 g/mol. The van der Waals surface area contributed by atoms with E-state index < -0.39 is 16.0 Å². The van der Waals surface area contributed by atoms with Gasteiger partial charge in [0, 0.05) is 18.6 Å². The molecule has 2 N–H and O–H groups in total. The Balaban J connectivity index is 2.24. The number of hydrogen-bond acceptors (Lipinski definition) is 5. The molecule has 0 spiro atoms. The fourth-order valence-corrected chi connectivity index (χ4v) is 3.53. The van der Waals surface area contributed by atoms with E-state index in [1.807, 2.05) is 0 Å². The summed E-state index contributed by atoms with van der Waals surface area (Å²) in [6.45, 7) is 0.0794. The maximum Gasteiger partial charge on any atom is 0.337 e. The summed E-state index contributed by atoms with van der Waals surface area (Å²) >= 11 is 5.91. The third kappa shape index (κ3) is 3.55. The van der Waals surface area contributed by atoms with E-state index in [1.54, 1.807) is 0 Å². The van der Waals surface area contributed by atoms with Crippen LogP contribution in [0.4, 0.5) is 0 Å². The second-order valence-corrected chi connectivity index (χ2v) is 7.26. The number of aliphatic hydroxyl groups is 1. The van der Waals surface area contributed by atoms with E-state index in [0.29, 0.717) is 0 Å². The van der Waals surface area contributed by atoms with Gasteiger partial charge < -0.3 is 9.84 Å². The highest BCUT2D eigenvalue weighted by atomic mass is 35.5. The van der Waals surface area contributed by atoms with Gasteiger partial charge in [-0.15, -0.1) is 0 Å². The van der Waals surface area contributed by atoms with Gasteiger partial charge in [0.1, 0.15) is 4.90 Å². The van der Waals surface area contributed by atoms with Crippen molar-refractivity contribution in [3.63, 3.8) is 0 Å². The molecule has 0 atom stereocenters. The van der Waals surface area contributed by atoms with Crippen molar-refractivity contribution in [3.8, 4) is 0 Å². The van der Waals surface area contributed by atoms with Gasteiger partial charge in [0.05, 0.1) is 17.7 Å². The van der Waals surface area contributed by atoms with Crippen molar-refractivity contribution in [3.05, 3.63) is 28.8 Å².